The minimum atomic E-state index is -0.00874. The van der Waals surface area contributed by atoms with Crippen LogP contribution in [-0.2, 0) is 4.79 Å². The van der Waals surface area contributed by atoms with Crippen molar-refractivity contribution in [2.45, 2.75) is 36.5 Å². The molecule has 4 heteroatoms. The van der Waals surface area contributed by atoms with Crippen LogP contribution in [0.3, 0.4) is 0 Å². The number of nitrogens with zero attached hydrogens (tertiary/aromatic N) is 1. The van der Waals surface area contributed by atoms with Crippen LogP contribution >= 0.6 is 11.8 Å². The van der Waals surface area contributed by atoms with E-state index >= 15 is 0 Å². The molecular formula is C16H18N2OS. The Balaban J connectivity index is 1.88. The highest BCUT2D eigenvalue weighted by atomic mass is 32.2. The topological polar surface area (TPSA) is 42.0 Å². The summed E-state index contributed by atoms with van der Waals surface area (Å²) in [7, 11) is 0. The average Bonchev–Trinajstić information content (AvgIpc) is 2.64. The first kappa shape index (κ1) is 13.4. The summed E-state index contributed by atoms with van der Waals surface area (Å²) >= 11 is 1.59. The number of nitrogens with one attached hydrogen (secondary N) is 1. The van der Waals surface area contributed by atoms with Gasteiger partial charge in [-0.15, -0.1) is 0 Å². The largest absolute Gasteiger partial charge is 0.355 e. The first-order chi connectivity index (χ1) is 9.74. The Morgan fingerprint density at radius 2 is 2.15 bits per heavy atom. The molecule has 1 N–H and O–H groups in total. The summed E-state index contributed by atoms with van der Waals surface area (Å²) in [4.78, 5) is 16.7. The highest BCUT2D eigenvalue weighted by Gasteiger charge is 2.22. The van der Waals surface area contributed by atoms with Gasteiger partial charge in [0.15, 0.2) is 0 Å². The first-order valence-electron chi connectivity index (χ1n) is 7.05. The predicted molar refractivity (Wildman–Crippen MR) is 83.0 cm³/mol. The van der Waals surface area contributed by atoms with Crippen molar-refractivity contribution in [3.63, 3.8) is 0 Å². The Morgan fingerprint density at radius 3 is 3.05 bits per heavy atom. The van der Waals surface area contributed by atoms with E-state index in [2.05, 4.69) is 29.4 Å². The summed E-state index contributed by atoms with van der Waals surface area (Å²) in [5.74, 6) is 0.153. The highest BCUT2D eigenvalue weighted by molar-refractivity contribution is 8.00. The second-order valence-corrected chi connectivity index (χ2v) is 6.41. The van der Waals surface area contributed by atoms with Gasteiger partial charge in [0.1, 0.15) is 0 Å². The van der Waals surface area contributed by atoms with Crippen LogP contribution in [0, 0.1) is 6.92 Å². The van der Waals surface area contributed by atoms with E-state index in [1.807, 2.05) is 18.2 Å². The zero-order valence-corrected chi connectivity index (χ0v) is 12.4. The van der Waals surface area contributed by atoms with Gasteiger partial charge in [0.05, 0.1) is 15.8 Å². The van der Waals surface area contributed by atoms with Crippen molar-refractivity contribution in [2.75, 3.05) is 6.54 Å². The standard InChI is InChI=1S/C16H18N2OS/c1-11-10-15(18-13-7-3-2-6-12(11)13)20-14-8-4-5-9-17-16(14)19/h2-3,6-7,10,14H,4-5,8-9H2,1H3,(H,17,19)/t14-/m1/s1. The van der Waals surface area contributed by atoms with Crippen LogP contribution in [-0.4, -0.2) is 22.7 Å². The molecule has 1 aromatic carbocycles. The van der Waals surface area contributed by atoms with Gasteiger partial charge in [-0.3, -0.25) is 4.79 Å². The van der Waals surface area contributed by atoms with Crippen molar-refractivity contribution >= 4 is 28.6 Å². The number of para-hydroxylation sites is 1. The Kier molecular flexibility index (Phi) is 3.92. The molecule has 0 bridgehead atoms. The molecule has 1 aliphatic rings. The minimum absolute atomic E-state index is 0.00874. The number of hydrogen-bond acceptors (Lipinski definition) is 3. The number of hydrogen-bond donors (Lipinski definition) is 1. The zero-order valence-electron chi connectivity index (χ0n) is 11.6. The molecular weight excluding hydrogens is 268 g/mol. The Bertz CT molecular complexity index is 641. The Morgan fingerprint density at radius 1 is 1.30 bits per heavy atom. The summed E-state index contributed by atoms with van der Waals surface area (Å²) in [6.45, 7) is 2.90. The van der Waals surface area contributed by atoms with E-state index in [1.54, 1.807) is 11.8 Å². The van der Waals surface area contributed by atoms with E-state index in [4.69, 9.17) is 0 Å². The second kappa shape index (κ2) is 5.83. The van der Waals surface area contributed by atoms with Gasteiger partial charge in [-0.05, 0) is 37.5 Å². The maximum absolute atomic E-state index is 12.0. The third kappa shape index (κ3) is 2.80. The van der Waals surface area contributed by atoms with Crippen molar-refractivity contribution < 1.29 is 4.79 Å². The quantitative estimate of drug-likeness (QED) is 0.921. The third-order valence-electron chi connectivity index (χ3n) is 3.65. The number of aromatic nitrogens is 1. The van der Waals surface area contributed by atoms with Crippen molar-refractivity contribution in [1.82, 2.24) is 10.3 Å². The molecule has 1 atom stereocenters. The molecule has 1 amide bonds. The van der Waals surface area contributed by atoms with Crippen molar-refractivity contribution in [2.24, 2.45) is 0 Å². The minimum Gasteiger partial charge on any atom is -0.355 e. The fraction of sp³-hybridized carbons (Fsp3) is 0.375. The summed E-state index contributed by atoms with van der Waals surface area (Å²) in [6.07, 6.45) is 3.11. The summed E-state index contributed by atoms with van der Waals surface area (Å²) in [6, 6.07) is 10.2. The molecule has 3 nitrogen and oxygen atoms in total. The van der Waals surface area contributed by atoms with Crippen molar-refractivity contribution in [3.8, 4) is 0 Å². The van der Waals surface area contributed by atoms with Gasteiger partial charge in [-0.2, -0.15) is 0 Å². The molecule has 0 spiro atoms. The van der Waals surface area contributed by atoms with Crippen molar-refractivity contribution in [3.05, 3.63) is 35.9 Å². The lowest BCUT2D eigenvalue weighted by Crippen LogP contribution is -2.30. The smallest absolute Gasteiger partial charge is 0.233 e. The van der Waals surface area contributed by atoms with E-state index in [0.29, 0.717) is 0 Å². The second-order valence-electron chi connectivity index (χ2n) is 5.19. The lowest BCUT2D eigenvalue weighted by Gasteiger charge is -2.13. The van der Waals surface area contributed by atoms with Crippen LogP contribution in [0.15, 0.2) is 35.4 Å². The SMILES string of the molecule is Cc1cc(S[C@@H]2CCCCNC2=O)nc2ccccc12. The number of amides is 1. The number of rotatable bonds is 2. The van der Waals surface area contributed by atoms with E-state index in [-0.39, 0.29) is 11.2 Å². The molecule has 0 aliphatic carbocycles. The van der Waals surface area contributed by atoms with Crippen LogP contribution in [0.25, 0.3) is 10.9 Å². The zero-order chi connectivity index (χ0) is 13.9. The molecule has 2 aromatic rings. The molecule has 1 saturated heterocycles. The monoisotopic (exact) mass is 286 g/mol. The number of thioether (sulfide) groups is 1. The van der Waals surface area contributed by atoms with Gasteiger partial charge in [0.25, 0.3) is 0 Å². The molecule has 1 aliphatic heterocycles. The molecule has 1 aromatic heterocycles. The van der Waals surface area contributed by atoms with Gasteiger partial charge in [-0.1, -0.05) is 36.4 Å². The summed E-state index contributed by atoms with van der Waals surface area (Å²) < 4.78 is 0. The molecule has 3 rings (SSSR count). The number of fused-ring (bicyclic) bond motifs is 1. The number of benzene rings is 1. The first-order valence-corrected chi connectivity index (χ1v) is 7.93. The Labute approximate surface area is 123 Å². The predicted octanol–water partition coefficient (Wildman–Crippen LogP) is 3.30. The maximum Gasteiger partial charge on any atom is 0.233 e. The molecule has 0 saturated carbocycles. The van der Waals surface area contributed by atoms with Gasteiger partial charge >= 0.3 is 0 Å². The molecule has 0 unspecified atom stereocenters. The van der Waals surface area contributed by atoms with Crippen LogP contribution < -0.4 is 5.32 Å². The molecule has 2 heterocycles. The number of carbonyl (C=O) groups is 1. The van der Waals surface area contributed by atoms with Crippen molar-refractivity contribution in [1.29, 1.82) is 0 Å². The summed E-state index contributed by atoms with van der Waals surface area (Å²) in [5.41, 5.74) is 2.22. The van der Waals surface area contributed by atoms with Gasteiger partial charge in [0, 0.05) is 11.9 Å². The molecule has 104 valence electrons. The highest BCUT2D eigenvalue weighted by Crippen LogP contribution is 2.29. The lowest BCUT2D eigenvalue weighted by atomic mass is 10.1. The van der Waals surface area contributed by atoms with Crippen LogP contribution in [0.5, 0.6) is 0 Å². The maximum atomic E-state index is 12.0. The van der Waals surface area contributed by atoms with E-state index in [1.165, 1.54) is 10.9 Å². The lowest BCUT2D eigenvalue weighted by molar-refractivity contribution is -0.120. The van der Waals surface area contributed by atoms with E-state index in [9.17, 15) is 4.79 Å². The van der Waals surface area contributed by atoms with E-state index < -0.39 is 0 Å². The Hall–Kier alpha value is -1.55. The number of pyridine rings is 1. The van der Waals surface area contributed by atoms with Crippen LogP contribution in [0.2, 0.25) is 0 Å². The average molecular weight is 286 g/mol. The third-order valence-corrected chi connectivity index (χ3v) is 4.83. The van der Waals surface area contributed by atoms with Gasteiger partial charge in [0.2, 0.25) is 5.91 Å². The molecule has 20 heavy (non-hydrogen) atoms. The summed E-state index contributed by atoms with van der Waals surface area (Å²) in [5, 5.41) is 5.10. The number of carbonyl (C=O) groups excluding carboxylic acids is 1. The van der Waals surface area contributed by atoms with Gasteiger partial charge in [-0.25, -0.2) is 4.98 Å². The van der Waals surface area contributed by atoms with Gasteiger partial charge < -0.3 is 5.32 Å². The van der Waals surface area contributed by atoms with Crippen LogP contribution in [0.1, 0.15) is 24.8 Å². The fourth-order valence-corrected chi connectivity index (χ4v) is 3.71. The number of aryl methyl sites for hydroxylation is 1. The van der Waals surface area contributed by atoms with Crippen LogP contribution in [0.4, 0.5) is 0 Å². The normalized spacial score (nSPS) is 19.6. The fourth-order valence-electron chi connectivity index (χ4n) is 2.55. The molecule has 1 fully saturated rings. The van der Waals surface area contributed by atoms with E-state index in [0.717, 1.165) is 36.3 Å². The molecule has 0 radical (unpaired) electrons.